The van der Waals surface area contributed by atoms with Crippen LogP contribution in [-0.2, 0) is 0 Å². The molecule has 1 saturated heterocycles. The van der Waals surface area contributed by atoms with Crippen LogP contribution in [-0.4, -0.2) is 60.5 Å². The zero-order chi connectivity index (χ0) is 14.5. The van der Waals surface area contributed by atoms with Crippen molar-refractivity contribution in [1.29, 1.82) is 0 Å². The predicted octanol–water partition coefficient (Wildman–Crippen LogP) is 1.68. The maximum absolute atomic E-state index is 12.6. The molecular formula is C15H24N4O. The van der Waals surface area contributed by atoms with Crippen molar-refractivity contribution in [3.63, 3.8) is 0 Å². The van der Waals surface area contributed by atoms with Crippen molar-refractivity contribution in [1.82, 2.24) is 14.8 Å². The summed E-state index contributed by atoms with van der Waals surface area (Å²) < 4.78 is 0. The number of piperidine rings is 1. The minimum atomic E-state index is 0.0891. The molecule has 1 aromatic heterocycles. The van der Waals surface area contributed by atoms with Gasteiger partial charge in [0.2, 0.25) is 0 Å². The zero-order valence-corrected chi connectivity index (χ0v) is 12.6. The first-order valence-electron chi connectivity index (χ1n) is 7.27. The Morgan fingerprint density at radius 1 is 1.45 bits per heavy atom. The van der Waals surface area contributed by atoms with E-state index in [1.54, 1.807) is 12.4 Å². The van der Waals surface area contributed by atoms with Gasteiger partial charge in [-0.25, -0.2) is 0 Å². The molecule has 5 heteroatoms. The number of nitrogens with one attached hydrogen (secondary N) is 1. The summed E-state index contributed by atoms with van der Waals surface area (Å²) in [4.78, 5) is 20.9. The van der Waals surface area contributed by atoms with Gasteiger partial charge in [0, 0.05) is 38.1 Å². The minimum Gasteiger partial charge on any atom is -0.385 e. The van der Waals surface area contributed by atoms with Gasteiger partial charge in [-0.1, -0.05) is 0 Å². The van der Waals surface area contributed by atoms with E-state index >= 15 is 0 Å². The summed E-state index contributed by atoms with van der Waals surface area (Å²) in [7, 11) is 4.21. The lowest BCUT2D eigenvalue weighted by atomic mass is 10.0. The van der Waals surface area contributed by atoms with Crippen LogP contribution in [0.3, 0.4) is 0 Å². The molecule has 0 radical (unpaired) electrons. The maximum atomic E-state index is 12.6. The molecule has 0 unspecified atom stereocenters. The first-order chi connectivity index (χ1) is 9.63. The second kappa shape index (κ2) is 6.70. The Bertz CT molecular complexity index is 453. The summed E-state index contributed by atoms with van der Waals surface area (Å²) in [6, 6.07) is 2.45. The van der Waals surface area contributed by atoms with Crippen LogP contribution < -0.4 is 5.32 Å². The third kappa shape index (κ3) is 3.28. The summed E-state index contributed by atoms with van der Waals surface area (Å²) in [5.74, 6) is 0.0891. The van der Waals surface area contributed by atoms with Crippen LogP contribution in [0.4, 0.5) is 5.69 Å². The van der Waals surface area contributed by atoms with Crippen LogP contribution in [0.5, 0.6) is 0 Å². The number of carbonyl (C=O) groups excluding carboxylic acids is 1. The first kappa shape index (κ1) is 14.8. The molecule has 0 bridgehead atoms. The van der Waals surface area contributed by atoms with E-state index in [2.05, 4.69) is 29.3 Å². The minimum absolute atomic E-state index is 0.0891. The van der Waals surface area contributed by atoms with Crippen LogP contribution in [0, 0.1) is 0 Å². The molecule has 1 fully saturated rings. The van der Waals surface area contributed by atoms with E-state index in [0.29, 0.717) is 11.6 Å². The molecule has 1 amide bonds. The molecule has 2 heterocycles. The number of carbonyl (C=O) groups is 1. The number of aromatic nitrogens is 1. The molecule has 0 spiro atoms. The smallest absolute Gasteiger partial charge is 0.257 e. The summed E-state index contributed by atoms with van der Waals surface area (Å²) in [6.07, 6.45) is 5.45. The number of hydrogen-bond donors (Lipinski definition) is 1. The van der Waals surface area contributed by atoms with Gasteiger partial charge in [0.25, 0.3) is 5.91 Å². The summed E-state index contributed by atoms with van der Waals surface area (Å²) in [6.45, 7) is 4.47. The van der Waals surface area contributed by atoms with E-state index in [1.807, 2.05) is 17.9 Å². The Kier molecular flexibility index (Phi) is 4.95. The Balaban J connectivity index is 2.05. The van der Waals surface area contributed by atoms with Crippen LogP contribution >= 0.6 is 0 Å². The van der Waals surface area contributed by atoms with Crippen LogP contribution in [0.1, 0.15) is 30.1 Å². The van der Waals surface area contributed by atoms with Crippen molar-refractivity contribution in [3.8, 4) is 0 Å². The number of anilines is 1. The van der Waals surface area contributed by atoms with Gasteiger partial charge in [-0.15, -0.1) is 0 Å². The highest BCUT2D eigenvalue weighted by molar-refractivity contribution is 5.99. The first-order valence-corrected chi connectivity index (χ1v) is 7.27. The average Bonchev–Trinajstić information content (AvgIpc) is 2.47. The van der Waals surface area contributed by atoms with Crippen LogP contribution in [0.2, 0.25) is 0 Å². The molecule has 2 rings (SSSR count). The van der Waals surface area contributed by atoms with E-state index in [-0.39, 0.29) is 5.91 Å². The average molecular weight is 276 g/mol. The van der Waals surface area contributed by atoms with Gasteiger partial charge in [-0.3, -0.25) is 9.78 Å². The highest BCUT2D eigenvalue weighted by atomic mass is 16.2. The molecule has 0 aliphatic carbocycles. The van der Waals surface area contributed by atoms with E-state index in [9.17, 15) is 4.79 Å². The lowest BCUT2D eigenvalue weighted by Gasteiger charge is -2.35. The normalized spacial score (nSPS) is 16.5. The van der Waals surface area contributed by atoms with Gasteiger partial charge >= 0.3 is 0 Å². The standard InChI is InChI=1S/C15H24N4O/c1-4-17-14-5-8-16-11-13(14)15(20)19-9-6-12(7-10-19)18(2)3/h5,8,11-12H,4,6-7,9-10H2,1-3H3,(H,16,17). The van der Waals surface area contributed by atoms with Crippen molar-refractivity contribution in [2.24, 2.45) is 0 Å². The van der Waals surface area contributed by atoms with Crippen molar-refractivity contribution in [2.45, 2.75) is 25.8 Å². The van der Waals surface area contributed by atoms with Gasteiger partial charge in [-0.2, -0.15) is 0 Å². The molecule has 1 aliphatic rings. The monoisotopic (exact) mass is 276 g/mol. The molecule has 1 aliphatic heterocycles. The van der Waals surface area contributed by atoms with Gasteiger partial charge < -0.3 is 15.1 Å². The molecule has 0 aromatic carbocycles. The molecular weight excluding hydrogens is 252 g/mol. The highest BCUT2D eigenvalue weighted by Gasteiger charge is 2.25. The predicted molar refractivity (Wildman–Crippen MR) is 81.0 cm³/mol. The van der Waals surface area contributed by atoms with Crippen molar-refractivity contribution in [3.05, 3.63) is 24.0 Å². The fourth-order valence-corrected chi connectivity index (χ4v) is 2.67. The van der Waals surface area contributed by atoms with Crippen molar-refractivity contribution < 1.29 is 4.79 Å². The number of likely N-dealkylation sites (tertiary alicyclic amines) is 1. The van der Waals surface area contributed by atoms with Crippen LogP contribution in [0.25, 0.3) is 0 Å². The quantitative estimate of drug-likeness (QED) is 0.909. The lowest BCUT2D eigenvalue weighted by Crippen LogP contribution is -2.44. The second-order valence-corrected chi connectivity index (χ2v) is 5.44. The van der Waals surface area contributed by atoms with Crippen molar-refractivity contribution >= 4 is 11.6 Å². The fourth-order valence-electron chi connectivity index (χ4n) is 2.67. The van der Waals surface area contributed by atoms with Gasteiger partial charge in [0.1, 0.15) is 0 Å². The number of pyridine rings is 1. The van der Waals surface area contributed by atoms with E-state index in [1.165, 1.54) is 0 Å². The largest absolute Gasteiger partial charge is 0.385 e. The maximum Gasteiger partial charge on any atom is 0.257 e. The summed E-state index contributed by atoms with van der Waals surface area (Å²) in [5, 5.41) is 3.23. The number of amides is 1. The topological polar surface area (TPSA) is 48.5 Å². The molecule has 1 N–H and O–H groups in total. The molecule has 110 valence electrons. The van der Waals surface area contributed by atoms with E-state index < -0.39 is 0 Å². The number of nitrogens with zero attached hydrogens (tertiary/aromatic N) is 3. The molecule has 20 heavy (non-hydrogen) atoms. The third-order valence-electron chi connectivity index (χ3n) is 3.90. The molecule has 1 aromatic rings. The van der Waals surface area contributed by atoms with Gasteiger partial charge in [0.05, 0.1) is 11.3 Å². The summed E-state index contributed by atoms with van der Waals surface area (Å²) >= 11 is 0. The zero-order valence-electron chi connectivity index (χ0n) is 12.6. The lowest BCUT2D eigenvalue weighted by molar-refractivity contribution is 0.0664. The number of rotatable bonds is 4. The van der Waals surface area contributed by atoms with Crippen LogP contribution in [0.15, 0.2) is 18.5 Å². The Morgan fingerprint density at radius 3 is 2.75 bits per heavy atom. The van der Waals surface area contributed by atoms with E-state index in [4.69, 9.17) is 0 Å². The molecule has 0 saturated carbocycles. The Morgan fingerprint density at radius 2 is 2.15 bits per heavy atom. The Labute approximate surface area is 121 Å². The number of hydrogen-bond acceptors (Lipinski definition) is 4. The molecule has 0 atom stereocenters. The molecule has 5 nitrogen and oxygen atoms in total. The van der Waals surface area contributed by atoms with Crippen molar-refractivity contribution in [2.75, 3.05) is 39.0 Å². The second-order valence-electron chi connectivity index (χ2n) is 5.44. The van der Waals surface area contributed by atoms with Gasteiger partial charge in [-0.05, 0) is 39.9 Å². The van der Waals surface area contributed by atoms with Gasteiger partial charge in [0.15, 0.2) is 0 Å². The SMILES string of the molecule is CCNc1ccncc1C(=O)N1CCC(N(C)C)CC1. The fraction of sp³-hybridized carbons (Fsp3) is 0.600. The Hall–Kier alpha value is -1.62. The summed E-state index contributed by atoms with van der Waals surface area (Å²) in [5.41, 5.74) is 1.56. The highest BCUT2D eigenvalue weighted by Crippen LogP contribution is 2.20. The van der Waals surface area contributed by atoms with E-state index in [0.717, 1.165) is 38.2 Å². The third-order valence-corrected chi connectivity index (χ3v) is 3.90.